The molecule has 21 heavy (non-hydrogen) atoms. The number of nitrogens with one attached hydrogen (secondary N) is 1. The average Bonchev–Trinajstić information content (AvgIpc) is 2.96. The second-order valence-corrected chi connectivity index (χ2v) is 6.92. The molecular formula is C15H23N3O3. The largest absolute Gasteiger partial charge is 0.444 e. The van der Waals surface area contributed by atoms with Crippen LogP contribution in [-0.4, -0.2) is 40.6 Å². The molecule has 2 amide bonds. The Morgan fingerprint density at radius 2 is 2.05 bits per heavy atom. The second kappa shape index (κ2) is 5.55. The minimum atomic E-state index is -0.583. The van der Waals surface area contributed by atoms with Crippen LogP contribution < -0.4 is 5.32 Å². The summed E-state index contributed by atoms with van der Waals surface area (Å²) in [5, 5.41) is 11.5. The van der Waals surface area contributed by atoms with E-state index < -0.39 is 23.8 Å². The summed E-state index contributed by atoms with van der Waals surface area (Å²) in [5.41, 5.74) is -0.583. The van der Waals surface area contributed by atoms with Crippen LogP contribution in [0.1, 0.15) is 47.0 Å². The Kier molecular flexibility index (Phi) is 4.13. The van der Waals surface area contributed by atoms with E-state index >= 15 is 0 Å². The first-order valence-electron chi connectivity index (χ1n) is 7.44. The number of likely N-dealkylation sites (tertiary alicyclic amines) is 1. The number of nitriles is 1. The monoisotopic (exact) mass is 293 g/mol. The van der Waals surface area contributed by atoms with E-state index in [9.17, 15) is 9.59 Å². The van der Waals surface area contributed by atoms with Gasteiger partial charge < -0.3 is 10.1 Å². The summed E-state index contributed by atoms with van der Waals surface area (Å²) in [5.74, 6) is -0.0736. The van der Waals surface area contributed by atoms with Gasteiger partial charge in [0.15, 0.2) is 0 Å². The van der Waals surface area contributed by atoms with E-state index in [-0.39, 0.29) is 17.9 Å². The second-order valence-electron chi connectivity index (χ2n) is 6.92. The highest BCUT2D eigenvalue weighted by atomic mass is 16.6. The van der Waals surface area contributed by atoms with Gasteiger partial charge in [0.2, 0.25) is 5.91 Å². The fourth-order valence-electron chi connectivity index (χ4n) is 3.23. The van der Waals surface area contributed by atoms with Gasteiger partial charge >= 0.3 is 6.09 Å². The van der Waals surface area contributed by atoms with Crippen LogP contribution in [0.3, 0.4) is 0 Å². The molecule has 2 aliphatic rings. The van der Waals surface area contributed by atoms with Crippen LogP contribution in [0.4, 0.5) is 4.79 Å². The summed E-state index contributed by atoms with van der Waals surface area (Å²) in [6.45, 7) is 7.06. The molecule has 1 aliphatic heterocycles. The first-order chi connectivity index (χ1) is 9.73. The fraction of sp³-hybridized carbons (Fsp3) is 0.800. The van der Waals surface area contributed by atoms with E-state index in [4.69, 9.17) is 10.00 Å². The van der Waals surface area contributed by atoms with Gasteiger partial charge in [-0.05, 0) is 52.9 Å². The van der Waals surface area contributed by atoms with E-state index in [1.807, 2.05) is 26.8 Å². The molecular weight excluding hydrogens is 270 g/mol. The highest BCUT2D eigenvalue weighted by Gasteiger charge is 2.52. The van der Waals surface area contributed by atoms with Crippen molar-refractivity contribution < 1.29 is 14.3 Å². The van der Waals surface area contributed by atoms with Crippen LogP contribution in [0.5, 0.6) is 0 Å². The zero-order chi connectivity index (χ0) is 15.8. The molecule has 0 aromatic carbocycles. The Hall–Kier alpha value is -1.77. The van der Waals surface area contributed by atoms with Crippen LogP contribution in [-0.2, 0) is 9.53 Å². The van der Waals surface area contributed by atoms with E-state index in [2.05, 4.69) is 5.32 Å². The van der Waals surface area contributed by atoms with E-state index in [0.717, 1.165) is 19.3 Å². The third kappa shape index (κ3) is 3.29. The van der Waals surface area contributed by atoms with Gasteiger partial charge in [-0.2, -0.15) is 5.26 Å². The molecule has 116 valence electrons. The Morgan fingerprint density at radius 3 is 2.62 bits per heavy atom. The predicted molar refractivity (Wildman–Crippen MR) is 76.2 cm³/mol. The minimum Gasteiger partial charge on any atom is -0.444 e. The van der Waals surface area contributed by atoms with Crippen LogP contribution in [0.25, 0.3) is 0 Å². The molecule has 2 fully saturated rings. The number of amides is 2. The Bertz CT molecular complexity index is 478. The molecule has 2 bridgehead atoms. The summed E-state index contributed by atoms with van der Waals surface area (Å²) >= 11 is 0. The van der Waals surface area contributed by atoms with Gasteiger partial charge in [-0.3, -0.25) is 9.69 Å². The molecule has 0 aromatic heterocycles. The van der Waals surface area contributed by atoms with E-state index in [0.29, 0.717) is 0 Å². The van der Waals surface area contributed by atoms with Crippen molar-refractivity contribution in [2.24, 2.45) is 5.92 Å². The molecule has 6 nitrogen and oxygen atoms in total. The number of ether oxygens (including phenoxy) is 1. The molecule has 1 heterocycles. The standard InChI is InChI=1S/C15H23N3O3/c1-9(8-16)17-13(19)12-10-5-6-11(7-10)18(12)14(20)21-15(2,3)4/h9-12H,5-7H2,1-4H3,(H,17,19)/t9?,10-,11+,12-/m0/s1. The van der Waals surface area contributed by atoms with Gasteiger partial charge in [-0.1, -0.05) is 0 Å². The smallest absolute Gasteiger partial charge is 0.411 e. The molecule has 1 N–H and O–H groups in total. The highest BCUT2D eigenvalue weighted by molar-refractivity contribution is 5.87. The quantitative estimate of drug-likeness (QED) is 0.841. The van der Waals surface area contributed by atoms with Gasteiger partial charge in [0.05, 0.1) is 6.07 Å². The Labute approximate surface area is 125 Å². The zero-order valence-corrected chi connectivity index (χ0v) is 13.0. The highest BCUT2D eigenvalue weighted by Crippen LogP contribution is 2.43. The van der Waals surface area contributed by atoms with Crippen molar-refractivity contribution in [1.29, 1.82) is 5.26 Å². The van der Waals surface area contributed by atoms with Crippen LogP contribution in [0, 0.1) is 17.2 Å². The lowest BCUT2D eigenvalue weighted by molar-refractivity contribution is -0.128. The lowest BCUT2D eigenvalue weighted by Crippen LogP contribution is -2.55. The third-order valence-electron chi connectivity index (χ3n) is 4.01. The summed E-state index contributed by atoms with van der Waals surface area (Å²) < 4.78 is 5.43. The van der Waals surface area contributed by atoms with Gasteiger partial charge in [-0.25, -0.2) is 4.79 Å². The molecule has 0 radical (unpaired) electrons. The number of fused-ring (bicyclic) bond motifs is 2. The van der Waals surface area contributed by atoms with Crippen molar-refractivity contribution in [2.75, 3.05) is 0 Å². The Balaban J connectivity index is 2.13. The minimum absolute atomic E-state index is 0.0815. The molecule has 1 unspecified atom stereocenters. The lowest BCUT2D eigenvalue weighted by atomic mass is 9.98. The summed E-state index contributed by atoms with van der Waals surface area (Å²) in [4.78, 5) is 26.3. The van der Waals surface area contributed by atoms with Crippen LogP contribution in [0.15, 0.2) is 0 Å². The molecule has 1 aliphatic carbocycles. The van der Waals surface area contributed by atoms with Gasteiger partial charge in [0, 0.05) is 6.04 Å². The summed E-state index contributed by atoms with van der Waals surface area (Å²) in [6.07, 6.45) is 2.28. The van der Waals surface area contributed by atoms with E-state index in [1.165, 1.54) is 0 Å². The van der Waals surface area contributed by atoms with Crippen molar-refractivity contribution in [2.45, 2.75) is 70.7 Å². The molecule has 6 heteroatoms. The fourth-order valence-corrected chi connectivity index (χ4v) is 3.23. The van der Waals surface area contributed by atoms with Crippen molar-refractivity contribution in [3.63, 3.8) is 0 Å². The Morgan fingerprint density at radius 1 is 1.38 bits per heavy atom. The van der Waals surface area contributed by atoms with Gasteiger partial charge in [-0.15, -0.1) is 0 Å². The van der Waals surface area contributed by atoms with Crippen molar-refractivity contribution in [1.82, 2.24) is 10.2 Å². The van der Waals surface area contributed by atoms with Gasteiger partial charge in [0.1, 0.15) is 17.7 Å². The lowest BCUT2D eigenvalue weighted by Gasteiger charge is -2.35. The maximum atomic E-state index is 12.4. The number of piperidine rings is 1. The first kappa shape index (κ1) is 15.6. The van der Waals surface area contributed by atoms with Gasteiger partial charge in [0.25, 0.3) is 0 Å². The topological polar surface area (TPSA) is 82.4 Å². The van der Waals surface area contributed by atoms with Crippen molar-refractivity contribution in [3.8, 4) is 6.07 Å². The third-order valence-corrected chi connectivity index (χ3v) is 4.01. The number of rotatable bonds is 2. The maximum absolute atomic E-state index is 12.4. The zero-order valence-electron chi connectivity index (χ0n) is 13.0. The molecule has 1 saturated heterocycles. The number of carbonyl (C=O) groups excluding carboxylic acids is 2. The molecule has 2 rings (SSSR count). The van der Waals surface area contributed by atoms with E-state index in [1.54, 1.807) is 11.8 Å². The summed E-state index contributed by atoms with van der Waals surface area (Å²) in [7, 11) is 0. The molecule has 0 aromatic rings. The number of hydrogen-bond donors (Lipinski definition) is 1. The number of carbonyl (C=O) groups is 2. The number of nitrogens with zero attached hydrogens (tertiary/aromatic N) is 2. The predicted octanol–water partition coefficient (Wildman–Crippen LogP) is 1.80. The van der Waals surface area contributed by atoms with Crippen LogP contribution in [0.2, 0.25) is 0 Å². The molecule has 1 saturated carbocycles. The summed E-state index contributed by atoms with van der Waals surface area (Å²) in [6, 6.07) is 0.997. The normalized spacial score (nSPS) is 28.9. The van der Waals surface area contributed by atoms with Crippen molar-refractivity contribution in [3.05, 3.63) is 0 Å². The first-order valence-corrected chi connectivity index (χ1v) is 7.44. The van der Waals surface area contributed by atoms with Crippen molar-refractivity contribution >= 4 is 12.0 Å². The SMILES string of the molecule is CC(C#N)NC(=O)[C@@H]1[C@H]2CC[C@H](C2)N1C(=O)OC(C)(C)C. The van der Waals surface area contributed by atoms with Crippen LogP contribution >= 0.6 is 0 Å². The molecule has 0 spiro atoms. The maximum Gasteiger partial charge on any atom is 0.411 e. The average molecular weight is 293 g/mol. The number of hydrogen-bond acceptors (Lipinski definition) is 4. The molecule has 4 atom stereocenters.